The zero-order valence-electron chi connectivity index (χ0n) is 8.68. The Morgan fingerprint density at radius 3 is 3.18 bits per heavy atom. The van der Waals surface area contributed by atoms with Gasteiger partial charge in [-0.25, -0.2) is 0 Å². The summed E-state index contributed by atoms with van der Waals surface area (Å²) in [7, 11) is 0. The van der Waals surface area contributed by atoms with Gasteiger partial charge in [0.05, 0.1) is 0 Å². The molecule has 17 heavy (non-hydrogen) atoms. The summed E-state index contributed by atoms with van der Waals surface area (Å²) in [6.45, 7) is 0.814. The van der Waals surface area contributed by atoms with Gasteiger partial charge in [-0.3, -0.25) is 0 Å². The average Bonchev–Trinajstić information content (AvgIpc) is 2.82. The van der Waals surface area contributed by atoms with E-state index in [9.17, 15) is 0 Å². The molecule has 0 saturated carbocycles. The molecule has 1 aliphatic rings. The van der Waals surface area contributed by atoms with Crippen LogP contribution in [0.5, 0.6) is 0 Å². The summed E-state index contributed by atoms with van der Waals surface area (Å²) in [5.74, 6) is 0. The summed E-state index contributed by atoms with van der Waals surface area (Å²) in [4.78, 5) is 1.20. The molecule has 6 heteroatoms. The maximum absolute atomic E-state index is 5.98. The van der Waals surface area contributed by atoms with Crippen molar-refractivity contribution in [3.63, 3.8) is 0 Å². The Kier molecular flexibility index (Phi) is 3.05. The standard InChI is InChI=1S/C11H8ClN3S2/c12-7-1-2-8-9(5-7)13-4-3-10(8)17-11-15-14-6-16-11/h1-3,5-6,13H,4H2. The predicted molar refractivity (Wildman–Crippen MR) is 73.7 cm³/mol. The number of thioether (sulfide) groups is 1. The summed E-state index contributed by atoms with van der Waals surface area (Å²) in [6.07, 6.45) is 2.16. The van der Waals surface area contributed by atoms with Gasteiger partial charge in [-0.2, -0.15) is 0 Å². The van der Waals surface area contributed by atoms with Crippen LogP contribution >= 0.6 is 34.7 Å². The van der Waals surface area contributed by atoms with Gasteiger partial charge in [0.15, 0.2) is 4.34 Å². The van der Waals surface area contributed by atoms with Crippen LogP contribution in [0.3, 0.4) is 0 Å². The van der Waals surface area contributed by atoms with Crippen molar-refractivity contribution < 1.29 is 0 Å². The lowest BCUT2D eigenvalue weighted by molar-refractivity contribution is 1.01. The Morgan fingerprint density at radius 1 is 1.41 bits per heavy atom. The highest BCUT2D eigenvalue weighted by atomic mass is 35.5. The maximum Gasteiger partial charge on any atom is 0.178 e. The Hall–Kier alpha value is -1.04. The SMILES string of the molecule is Clc1ccc2c(c1)NCC=C2Sc1nncs1. The molecule has 1 aliphatic heterocycles. The number of fused-ring (bicyclic) bond motifs is 1. The quantitative estimate of drug-likeness (QED) is 0.910. The number of hydrogen-bond acceptors (Lipinski definition) is 5. The zero-order chi connectivity index (χ0) is 11.7. The Morgan fingerprint density at radius 2 is 2.35 bits per heavy atom. The van der Waals surface area contributed by atoms with Gasteiger partial charge >= 0.3 is 0 Å². The second-order valence-corrected chi connectivity index (χ2v) is 6.00. The van der Waals surface area contributed by atoms with Crippen molar-refractivity contribution >= 4 is 45.3 Å². The lowest BCUT2D eigenvalue weighted by Crippen LogP contribution is -2.06. The number of halogens is 1. The van der Waals surface area contributed by atoms with E-state index in [-0.39, 0.29) is 0 Å². The van der Waals surface area contributed by atoms with Crippen LogP contribution in [0.2, 0.25) is 5.02 Å². The summed E-state index contributed by atoms with van der Waals surface area (Å²) in [5, 5.41) is 11.9. The number of hydrogen-bond donors (Lipinski definition) is 1. The fraction of sp³-hybridized carbons (Fsp3) is 0.0909. The van der Waals surface area contributed by atoms with Crippen LogP contribution in [0, 0.1) is 0 Å². The van der Waals surface area contributed by atoms with E-state index < -0.39 is 0 Å². The Bertz CT molecular complexity index is 566. The molecule has 0 spiro atoms. The molecule has 3 rings (SSSR count). The van der Waals surface area contributed by atoms with Crippen LogP contribution in [0.25, 0.3) is 4.91 Å². The van der Waals surface area contributed by atoms with Gasteiger partial charge in [0, 0.05) is 27.7 Å². The lowest BCUT2D eigenvalue weighted by Gasteiger charge is -2.18. The second-order valence-electron chi connectivity index (χ2n) is 3.45. The Balaban J connectivity index is 1.94. The largest absolute Gasteiger partial charge is 0.381 e. The molecule has 0 amide bonds. The first-order chi connectivity index (χ1) is 8.33. The number of benzene rings is 1. The highest BCUT2D eigenvalue weighted by Crippen LogP contribution is 2.40. The van der Waals surface area contributed by atoms with Gasteiger partial charge < -0.3 is 5.32 Å². The van der Waals surface area contributed by atoms with Gasteiger partial charge in [0.25, 0.3) is 0 Å². The van der Waals surface area contributed by atoms with Crippen LogP contribution in [-0.4, -0.2) is 16.7 Å². The minimum atomic E-state index is 0.749. The van der Waals surface area contributed by atoms with Gasteiger partial charge in [-0.1, -0.05) is 46.8 Å². The molecule has 2 heterocycles. The van der Waals surface area contributed by atoms with Crippen molar-refractivity contribution in [3.8, 4) is 0 Å². The first-order valence-corrected chi connectivity index (χ1v) is 7.08. The fourth-order valence-electron chi connectivity index (χ4n) is 1.64. The van der Waals surface area contributed by atoms with Crippen molar-refractivity contribution in [2.45, 2.75) is 4.34 Å². The summed E-state index contributed by atoms with van der Waals surface area (Å²) >= 11 is 9.17. The summed E-state index contributed by atoms with van der Waals surface area (Å²) in [5.41, 5.74) is 3.99. The molecule has 0 unspecified atom stereocenters. The molecule has 0 fully saturated rings. The van der Waals surface area contributed by atoms with Crippen molar-refractivity contribution in [2.75, 3.05) is 11.9 Å². The maximum atomic E-state index is 5.98. The molecular weight excluding hydrogens is 274 g/mol. The van der Waals surface area contributed by atoms with Gasteiger partial charge in [0.1, 0.15) is 5.51 Å². The van der Waals surface area contributed by atoms with E-state index in [4.69, 9.17) is 11.6 Å². The van der Waals surface area contributed by atoms with Gasteiger partial charge in [-0.05, 0) is 12.1 Å². The van der Waals surface area contributed by atoms with Crippen molar-refractivity contribution in [3.05, 3.63) is 40.4 Å². The average molecular weight is 282 g/mol. The molecule has 0 saturated heterocycles. The van der Waals surface area contributed by atoms with Crippen LogP contribution < -0.4 is 5.32 Å². The zero-order valence-corrected chi connectivity index (χ0v) is 11.1. The minimum absolute atomic E-state index is 0.749. The lowest BCUT2D eigenvalue weighted by atomic mass is 10.1. The molecule has 0 bridgehead atoms. The molecule has 0 aliphatic carbocycles. The molecule has 2 aromatic rings. The third kappa shape index (κ3) is 2.31. The predicted octanol–water partition coefficient (Wildman–Crippen LogP) is 3.75. The molecular formula is C11H8ClN3S2. The van der Waals surface area contributed by atoms with E-state index in [0.717, 1.165) is 21.6 Å². The van der Waals surface area contributed by atoms with E-state index >= 15 is 0 Å². The number of nitrogens with one attached hydrogen (secondary N) is 1. The highest BCUT2D eigenvalue weighted by molar-refractivity contribution is 8.09. The first-order valence-electron chi connectivity index (χ1n) is 5.01. The normalized spacial score (nSPS) is 13.8. The number of aromatic nitrogens is 2. The van der Waals surface area contributed by atoms with Crippen molar-refractivity contribution in [1.82, 2.24) is 10.2 Å². The van der Waals surface area contributed by atoms with Crippen LogP contribution in [-0.2, 0) is 0 Å². The molecule has 1 N–H and O–H groups in total. The second kappa shape index (κ2) is 4.68. The third-order valence-electron chi connectivity index (χ3n) is 2.36. The Labute approximate surface area is 112 Å². The minimum Gasteiger partial charge on any atom is -0.381 e. The molecule has 0 atom stereocenters. The van der Waals surface area contributed by atoms with Crippen LogP contribution in [0.4, 0.5) is 5.69 Å². The number of anilines is 1. The summed E-state index contributed by atoms with van der Waals surface area (Å²) in [6, 6.07) is 5.89. The van der Waals surface area contributed by atoms with Crippen molar-refractivity contribution in [1.29, 1.82) is 0 Å². The third-order valence-corrected chi connectivity index (χ3v) is 4.48. The van der Waals surface area contributed by atoms with E-state index in [1.807, 2.05) is 18.2 Å². The van der Waals surface area contributed by atoms with Gasteiger partial charge in [-0.15, -0.1) is 10.2 Å². The molecule has 1 aromatic heterocycles. The van der Waals surface area contributed by atoms with E-state index in [1.165, 1.54) is 10.5 Å². The fourth-order valence-corrected chi connectivity index (χ4v) is 3.41. The van der Waals surface area contributed by atoms with E-state index in [1.54, 1.807) is 28.6 Å². The topological polar surface area (TPSA) is 37.8 Å². The summed E-state index contributed by atoms with van der Waals surface area (Å²) < 4.78 is 0.957. The molecule has 3 nitrogen and oxygen atoms in total. The van der Waals surface area contributed by atoms with Crippen LogP contribution in [0.1, 0.15) is 5.56 Å². The van der Waals surface area contributed by atoms with Gasteiger partial charge in [0.2, 0.25) is 0 Å². The van der Waals surface area contributed by atoms with E-state index in [0.29, 0.717) is 0 Å². The molecule has 0 radical (unpaired) electrons. The number of nitrogens with zero attached hydrogens (tertiary/aromatic N) is 2. The monoisotopic (exact) mass is 281 g/mol. The smallest absolute Gasteiger partial charge is 0.178 e. The number of rotatable bonds is 2. The van der Waals surface area contributed by atoms with E-state index in [2.05, 4.69) is 21.6 Å². The highest BCUT2D eigenvalue weighted by Gasteiger charge is 2.14. The van der Waals surface area contributed by atoms with Crippen LogP contribution in [0.15, 0.2) is 34.1 Å². The molecule has 86 valence electrons. The van der Waals surface area contributed by atoms with Crippen molar-refractivity contribution in [2.24, 2.45) is 0 Å². The molecule has 1 aromatic carbocycles. The first kappa shape index (κ1) is 11.1.